The van der Waals surface area contributed by atoms with Crippen LogP contribution in [0.5, 0.6) is 5.75 Å². The Labute approximate surface area is 112 Å². The largest absolute Gasteiger partial charge is 0.496 e. The van der Waals surface area contributed by atoms with Crippen molar-refractivity contribution in [3.05, 3.63) is 34.3 Å². The van der Waals surface area contributed by atoms with Crippen molar-refractivity contribution in [2.75, 3.05) is 14.2 Å². The minimum Gasteiger partial charge on any atom is -0.496 e. The molecule has 4 heteroatoms. The molecule has 0 aliphatic carbocycles. The quantitative estimate of drug-likeness (QED) is 0.919. The zero-order chi connectivity index (χ0) is 13.1. The molecule has 0 spiro atoms. The van der Waals surface area contributed by atoms with Gasteiger partial charge in [-0.25, -0.2) is 4.98 Å². The second-order valence-corrected chi connectivity index (χ2v) is 5.20. The molecule has 1 heterocycles. The maximum atomic E-state index is 5.51. The van der Waals surface area contributed by atoms with Gasteiger partial charge in [-0.15, -0.1) is 11.3 Å². The van der Waals surface area contributed by atoms with Crippen LogP contribution in [-0.2, 0) is 6.54 Å². The Morgan fingerprint density at radius 2 is 2.11 bits per heavy atom. The summed E-state index contributed by atoms with van der Waals surface area (Å²) in [5, 5.41) is 6.22. The molecule has 0 amide bonds. The van der Waals surface area contributed by atoms with Crippen LogP contribution in [0.25, 0.3) is 10.6 Å². The number of ether oxygens (including phenoxy) is 1. The Kier molecular flexibility index (Phi) is 3.99. The molecular formula is C14H18N2OS. The van der Waals surface area contributed by atoms with Crippen molar-refractivity contribution in [3.8, 4) is 16.3 Å². The van der Waals surface area contributed by atoms with E-state index < -0.39 is 0 Å². The average molecular weight is 262 g/mol. The fourth-order valence-electron chi connectivity index (χ4n) is 2.08. The number of rotatable bonds is 4. The van der Waals surface area contributed by atoms with Gasteiger partial charge >= 0.3 is 0 Å². The smallest absolute Gasteiger partial charge is 0.132 e. The molecule has 3 nitrogen and oxygen atoms in total. The SMILES string of the molecule is CNCc1csc(-c2cc(C)cc(C)c2OC)n1. The zero-order valence-corrected chi connectivity index (χ0v) is 12.0. The minimum absolute atomic E-state index is 0.795. The monoisotopic (exact) mass is 262 g/mol. The number of methoxy groups -OCH3 is 1. The van der Waals surface area contributed by atoms with Crippen LogP contribution in [0.4, 0.5) is 0 Å². The lowest BCUT2D eigenvalue weighted by Crippen LogP contribution is -2.05. The lowest BCUT2D eigenvalue weighted by molar-refractivity contribution is 0.413. The van der Waals surface area contributed by atoms with Crippen LogP contribution in [0.2, 0.25) is 0 Å². The molecule has 0 atom stereocenters. The maximum absolute atomic E-state index is 5.51. The van der Waals surface area contributed by atoms with Gasteiger partial charge in [-0.2, -0.15) is 0 Å². The summed E-state index contributed by atoms with van der Waals surface area (Å²) in [6.07, 6.45) is 0. The predicted molar refractivity (Wildman–Crippen MR) is 76.3 cm³/mol. The van der Waals surface area contributed by atoms with Crippen LogP contribution >= 0.6 is 11.3 Å². The second-order valence-electron chi connectivity index (χ2n) is 4.34. The molecule has 0 aliphatic rings. The van der Waals surface area contributed by atoms with Gasteiger partial charge in [-0.3, -0.25) is 0 Å². The summed E-state index contributed by atoms with van der Waals surface area (Å²) in [5.41, 5.74) is 4.53. The van der Waals surface area contributed by atoms with E-state index in [1.165, 1.54) is 5.56 Å². The van der Waals surface area contributed by atoms with Crippen LogP contribution in [0.1, 0.15) is 16.8 Å². The summed E-state index contributed by atoms with van der Waals surface area (Å²) in [6.45, 7) is 4.96. The predicted octanol–water partition coefficient (Wildman–Crippen LogP) is 3.15. The number of hydrogen-bond donors (Lipinski definition) is 1. The summed E-state index contributed by atoms with van der Waals surface area (Å²) in [6, 6.07) is 4.26. The van der Waals surface area contributed by atoms with Gasteiger partial charge in [0.2, 0.25) is 0 Å². The normalized spacial score (nSPS) is 10.7. The van der Waals surface area contributed by atoms with Gasteiger partial charge in [0.15, 0.2) is 0 Å². The number of nitrogens with one attached hydrogen (secondary N) is 1. The Morgan fingerprint density at radius 3 is 2.78 bits per heavy atom. The van der Waals surface area contributed by atoms with E-state index in [1.54, 1.807) is 18.4 Å². The summed E-state index contributed by atoms with van der Waals surface area (Å²) in [5.74, 6) is 0.922. The zero-order valence-electron chi connectivity index (χ0n) is 11.2. The van der Waals surface area contributed by atoms with Gasteiger partial charge < -0.3 is 10.1 Å². The van der Waals surface area contributed by atoms with Crippen LogP contribution in [0.15, 0.2) is 17.5 Å². The Hall–Kier alpha value is -1.39. The standard InChI is InChI=1S/C14H18N2OS/c1-9-5-10(2)13(17-4)12(6-9)14-16-11(7-15-3)8-18-14/h5-6,8,15H,7H2,1-4H3. The van der Waals surface area contributed by atoms with Gasteiger partial charge in [0.25, 0.3) is 0 Å². The van der Waals surface area contributed by atoms with Crippen molar-refractivity contribution in [1.29, 1.82) is 0 Å². The van der Waals surface area contributed by atoms with E-state index in [0.717, 1.165) is 34.1 Å². The Bertz CT molecular complexity index is 549. The number of aryl methyl sites for hydroxylation is 2. The van der Waals surface area contributed by atoms with Gasteiger partial charge in [0, 0.05) is 11.9 Å². The maximum Gasteiger partial charge on any atom is 0.132 e. The number of aromatic nitrogens is 1. The van der Waals surface area contributed by atoms with Crippen molar-refractivity contribution in [3.63, 3.8) is 0 Å². The first-order valence-corrected chi connectivity index (χ1v) is 6.78. The Morgan fingerprint density at radius 1 is 1.33 bits per heavy atom. The van der Waals surface area contributed by atoms with Crippen molar-refractivity contribution in [2.45, 2.75) is 20.4 Å². The van der Waals surface area contributed by atoms with Gasteiger partial charge in [0.1, 0.15) is 10.8 Å². The van der Waals surface area contributed by atoms with Crippen molar-refractivity contribution < 1.29 is 4.74 Å². The van der Waals surface area contributed by atoms with Crippen molar-refractivity contribution >= 4 is 11.3 Å². The molecule has 0 saturated carbocycles. The highest BCUT2D eigenvalue weighted by molar-refractivity contribution is 7.13. The van der Waals surface area contributed by atoms with Crippen LogP contribution in [0, 0.1) is 13.8 Å². The van der Waals surface area contributed by atoms with Gasteiger partial charge in [-0.1, -0.05) is 6.07 Å². The third-order valence-corrected chi connectivity index (χ3v) is 3.69. The highest BCUT2D eigenvalue weighted by atomic mass is 32.1. The molecule has 1 aromatic heterocycles. The molecule has 1 N–H and O–H groups in total. The molecule has 0 radical (unpaired) electrons. The summed E-state index contributed by atoms with van der Waals surface area (Å²) < 4.78 is 5.51. The number of hydrogen-bond acceptors (Lipinski definition) is 4. The van der Waals surface area contributed by atoms with Crippen LogP contribution in [0.3, 0.4) is 0 Å². The Balaban J connectivity index is 2.48. The summed E-state index contributed by atoms with van der Waals surface area (Å²) in [4.78, 5) is 4.64. The topological polar surface area (TPSA) is 34.1 Å². The molecular weight excluding hydrogens is 244 g/mol. The molecule has 0 saturated heterocycles. The van der Waals surface area contributed by atoms with E-state index in [4.69, 9.17) is 4.74 Å². The second kappa shape index (κ2) is 5.50. The molecule has 2 aromatic rings. The van der Waals surface area contributed by atoms with Gasteiger partial charge in [0.05, 0.1) is 18.4 Å². The highest BCUT2D eigenvalue weighted by Gasteiger charge is 2.13. The van der Waals surface area contributed by atoms with E-state index in [9.17, 15) is 0 Å². The molecule has 2 rings (SSSR count). The molecule has 0 fully saturated rings. The molecule has 0 unspecified atom stereocenters. The molecule has 96 valence electrons. The molecule has 18 heavy (non-hydrogen) atoms. The van der Waals surface area contributed by atoms with Gasteiger partial charge in [-0.05, 0) is 38.1 Å². The van der Waals surface area contributed by atoms with E-state index in [0.29, 0.717) is 0 Å². The molecule has 0 bridgehead atoms. The van der Waals surface area contributed by atoms with Crippen molar-refractivity contribution in [1.82, 2.24) is 10.3 Å². The number of nitrogens with zero attached hydrogens (tertiary/aromatic N) is 1. The van der Waals surface area contributed by atoms with E-state index in [2.05, 4.69) is 41.7 Å². The van der Waals surface area contributed by atoms with E-state index in [-0.39, 0.29) is 0 Å². The average Bonchev–Trinajstić information content (AvgIpc) is 2.77. The summed E-state index contributed by atoms with van der Waals surface area (Å²) >= 11 is 1.66. The van der Waals surface area contributed by atoms with Crippen molar-refractivity contribution in [2.24, 2.45) is 0 Å². The van der Waals surface area contributed by atoms with Crippen LogP contribution in [-0.4, -0.2) is 19.1 Å². The molecule has 1 aromatic carbocycles. The van der Waals surface area contributed by atoms with E-state index in [1.807, 2.05) is 7.05 Å². The lowest BCUT2D eigenvalue weighted by atomic mass is 10.1. The van der Waals surface area contributed by atoms with E-state index >= 15 is 0 Å². The third kappa shape index (κ3) is 2.54. The first kappa shape index (κ1) is 13.1. The first-order chi connectivity index (χ1) is 8.65. The number of benzene rings is 1. The highest BCUT2D eigenvalue weighted by Crippen LogP contribution is 2.35. The van der Waals surface area contributed by atoms with Crippen LogP contribution < -0.4 is 10.1 Å². The summed E-state index contributed by atoms with van der Waals surface area (Å²) in [7, 11) is 3.64. The first-order valence-electron chi connectivity index (χ1n) is 5.90. The lowest BCUT2D eigenvalue weighted by Gasteiger charge is -2.10. The fraction of sp³-hybridized carbons (Fsp3) is 0.357. The molecule has 0 aliphatic heterocycles. The number of thiazole rings is 1. The fourth-order valence-corrected chi connectivity index (χ4v) is 2.91. The minimum atomic E-state index is 0.795. The third-order valence-electron chi connectivity index (χ3n) is 2.76.